The van der Waals surface area contributed by atoms with Crippen molar-refractivity contribution in [3.8, 4) is 0 Å². The van der Waals surface area contributed by atoms with Crippen LogP contribution in [0.2, 0.25) is 0 Å². The number of hydrogen-bond acceptors (Lipinski definition) is 2. The Labute approximate surface area is 106 Å². The fourth-order valence-electron chi connectivity index (χ4n) is 4.60. The highest BCUT2D eigenvalue weighted by Gasteiger charge is 2.45. The summed E-state index contributed by atoms with van der Waals surface area (Å²) in [6, 6.07) is 1.69. The van der Waals surface area contributed by atoms with E-state index in [1.165, 1.54) is 38.9 Å². The minimum absolute atomic E-state index is 0.813. The van der Waals surface area contributed by atoms with Gasteiger partial charge in [0.15, 0.2) is 0 Å². The van der Waals surface area contributed by atoms with Crippen LogP contribution >= 0.6 is 0 Å². The summed E-state index contributed by atoms with van der Waals surface area (Å²) in [7, 11) is 0. The third kappa shape index (κ3) is 2.04. The third-order valence-electron chi connectivity index (χ3n) is 5.82. The van der Waals surface area contributed by atoms with Crippen LogP contribution in [0.4, 0.5) is 0 Å². The van der Waals surface area contributed by atoms with Gasteiger partial charge in [-0.15, -0.1) is 0 Å². The van der Waals surface area contributed by atoms with Gasteiger partial charge in [0.25, 0.3) is 0 Å². The molecule has 1 saturated carbocycles. The standard InChI is InChI=1S/C15H28N2/c1-10-4-5-11(2)15(6-10)17-9-13-7-16-8-14(13)12(17)3/h10-16H,4-9H2,1-3H3. The lowest BCUT2D eigenvalue weighted by atomic mass is 9.79. The Kier molecular flexibility index (Phi) is 3.20. The van der Waals surface area contributed by atoms with E-state index in [9.17, 15) is 0 Å². The number of fused-ring (bicyclic) bond motifs is 1. The first-order chi connectivity index (χ1) is 8.16. The number of nitrogens with one attached hydrogen (secondary N) is 1. The van der Waals surface area contributed by atoms with E-state index in [1.54, 1.807) is 0 Å². The fraction of sp³-hybridized carbons (Fsp3) is 1.00. The molecule has 2 aliphatic heterocycles. The van der Waals surface area contributed by atoms with E-state index >= 15 is 0 Å². The average Bonchev–Trinajstić information content (AvgIpc) is 2.86. The highest BCUT2D eigenvalue weighted by atomic mass is 15.2. The van der Waals surface area contributed by atoms with Crippen LogP contribution in [0, 0.1) is 23.7 Å². The van der Waals surface area contributed by atoms with Gasteiger partial charge in [-0.3, -0.25) is 4.90 Å². The van der Waals surface area contributed by atoms with Crippen molar-refractivity contribution >= 4 is 0 Å². The van der Waals surface area contributed by atoms with Crippen LogP contribution in [-0.2, 0) is 0 Å². The average molecular weight is 236 g/mol. The molecular formula is C15H28N2. The number of rotatable bonds is 1. The Balaban J connectivity index is 1.71. The zero-order chi connectivity index (χ0) is 12.0. The first-order valence-corrected chi connectivity index (χ1v) is 7.63. The second kappa shape index (κ2) is 4.55. The molecule has 2 saturated heterocycles. The lowest BCUT2D eigenvalue weighted by Crippen LogP contribution is -2.46. The van der Waals surface area contributed by atoms with Crippen LogP contribution in [0.15, 0.2) is 0 Å². The van der Waals surface area contributed by atoms with Crippen LogP contribution in [0.5, 0.6) is 0 Å². The molecule has 2 heterocycles. The van der Waals surface area contributed by atoms with E-state index in [0.29, 0.717) is 0 Å². The highest BCUT2D eigenvalue weighted by Crippen LogP contribution is 2.40. The SMILES string of the molecule is CC1CCC(C)C(N2CC3CNCC3C2C)C1. The van der Waals surface area contributed by atoms with E-state index in [-0.39, 0.29) is 0 Å². The van der Waals surface area contributed by atoms with Gasteiger partial charge < -0.3 is 5.32 Å². The molecule has 3 aliphatic rings. The molecule has 0 aromatic carbocycles. The molecule has 2 heteroatoms. The maximum Gasteiger partial charge on any atom is 0.0126 e. The summed E-state index contributed by atoms with van der Waals surface area (Å²) in [5, 5.41) is 3.57. The molecule has 2 nitrogen and oxygen atoms in total. The van der Waals surface area contributed by atoms with Crippen molar-refractivity contribution in [3.63, 3.8) is 0 Å². The van der Waals surface area contributed by atoms with Crippen LogP contribution in [-0.4, -0.2) is 36.6 Å². The summed E-state index contributed by atoms with van der Waals surface area (Å²) in [5.41, 5.74) is 0. The molecule has 98 valence electrons. The topological polar surface area (TPSA) is 15.3 Å². The Morgan fingerprint density at radius 3 is 2.65 bits per heavy atom. The summed E-state index contributed by atoms with van der Waals surface area (Å²) in [4.78, 5) is 2.87. The largest absolute Gasteiger partial charge is 0.316 e. The summed E-state index contributed by atoms with van der Waals surface area (Å²) >= 11 is 0. The Bertz CT molecular complexity index is 278. The number of nitrogens with zero attached hydrogens (tertiary/aromatic N) is 1. The van der Waals surface area contributed by atoms with Gasteiger partial charge in [-0.1, -0.05) is 20.3 Å². The van der Waals surface area contributed by atoms with Crippen molar-refractivity contribution in [3.05, 3.63) is 0 Å². The second-order valence-corrected chi connectivity index (χ2v) is 6.98. The van der Waals surface area contributed by atoms with Gasteiger partial charge in [0.05, 0.1) is 0 Å². The molecule has 0 aromatic rings. The molecule has 6 atom stereocenters. The summed E-state index contributed by atoms with van der Waals surface area (Å²) in [6.07, 6.45) is 4.34. The minimum Gasteiger partial charge on any atom is -0.316 e. The van der Waals surface area contributed by atoms with Crippen LogP contribution in [0.1, 0.15) is 40.0 Å². The third-order valence-corrected chi connectivity index (χ3v) is 5.82. The fourth-order valence-corrected chi connectivity index (χ4v) is 4.60. The van der Waals surface area contributed by atoms with Crippen LogP contribution in [0.3, 0.4) is 0 Å². The first kappa shape index (κ1) is 12.0. The van der Waals surface area contributed by atoms with Crippen molar-refractivity contribution in [1.29, 1.82) is 0 Å². The molecule has 3 fully saturated rings. The van der Waals surface area contributed by atoms with Gasteiger partial charge in [0.1, 0.15) is 0 Å². The Morgan fingerprint density at radius 1 is 1.06 bits per heavy atom. The predicted molar refractivity (Wildman–Crippen MR) is 72.0 cm³/mol. The summed E-state index contributed by atoms with van der Waals surface area (Å²) in [6.45, 7) is 11.3. The van der Waals surface area contributed by atoms with E-state index in [4.69, 9.17) is 0 Å². The zero-order valence-corrected chi connectivity index (χ0v) is 11.7. The first-order valence-electron chi connectivity index (χ1n) is 7.63. The van der Waals surface area contributed by atoms with Crippen molar-refractivity contribution in [2.24, 2.45) is 23.7 Å². The molecular weight excluding hydrogens is 208 g/mol. The van der Waals surface area contributed by atoms with Crippen molar-refractivity contribution in [2.45, 2.75) is 52.1 Å². The van der Waals surface area contributed by atoms with Crippen molar-refractivity contribution in [1.82, 2.24) is 10.2 Å². The second-order valence-electron chi connectivity index (χ2n) is 6.98. The normalized spacial score (nSPS) is 51.7. The zero-order valence-electron chi connectivity index (χ0n) is 11.7. The summed E-state index contributed by atoms with van der Waals surface area (Å²) in [5.74, 6) is 3.73. The molecule has 17 heavy (non-hydrogen) atoms. The van der Waals surface area contributed by atoms with Gasteiger partial charge in [0, 0.05) is 18.6 Å². The highest BCUT2D eigenvalue weighted by molar-refractivity contribution is 5.00. The summed E-state index contributed by atoms with van der Waals surface area (Å²) < 4.78 is 0. The monoisotopic (exact) mass is 236 g/mol. The molecule has 0 bridgehead atoms. The molecule has 0 aromatic heterocycles. The van der Waals surface area contributed by atoms with Gasteiger partial charge in [-0.2, -0.15) is 0 Å². The van der Waals surface area contributed by atoms with Crippen molar-refractivity contribution < 1.29 is 0 Å². The van der Waals surface area contributed by atoms with E-state index in [2.05, 4.69) is 31.0 Å². The predicted octanol–water partition coefficient (Wildman–Crippen LogP) is 2.35. The van der Waals surface area contributed by atoms with E-state index in [1.807, 2.05) is 0 Å². The Morgan fingerprint density at radius 2 is 1.88 bits per heavy atom. The number of hydrogen-bond donors (Lipinski definition) is 1. The van der Waals surface area contributed by atoms with Gasteiger partial charge in [0.2, 0.25) is 0 Å². The Hall–Kier alpha value is -0.0800. The van der Waals surface area contributed by atoms with E-state index in [0.717, 1.165) is 35.8 Å². The molecule has 0 radical (unpaired) electrons. The maximum atomic E-state index is 3.57. The van der Waals surface area contributed by atoms with Crippen LogP contribution < -0.4 is 5.32 Å². The molecule has 0 amide bonds. The van der Waals surface area contributed by atoms with E-state index < -0.39 is 0 Å². The van der Waals surface area contributed by atoms with Gasteiger partial charge >= 0.3 is 0 Å². The quantitative estimate of drug-likeness (QED) is 0.752. The molecule has 1 aliphatic carbocycles. The number of likely N-dealkylation sites (tertiary alicyclic amines) is 1. The molecule has 6 unspecified atom stereocenters. The molecule has 0 spiro atoms. The minimum atomic E-state index is 0.813. The van der Waals surface area contributed by atoms with Crippen LogP contribution in [0.25, 0.3) is 0 Å². The smallest absolute Gasteiger partial charge is 0.0126 e. The van der Waals surface area contributed by atoms with Crippen molar-refractivity contribution in [2.75, 3.05) is 19.6 Å². The van der Waals surface area contributed by atoms with Gasteiger partial charge in [-0.25, -0.2) is 0 Å². The lowest BCUT2D eigenvalue weighted by molar-refractivity contribution is 0.0758. The van der Waals surface area contributed by atoms with Gasteiger partial charge in [-0.05, 0) is 56.5 Å². The molecule has 1 N–H and O–H groups in total. The maximum absolute atomic E-state index is 3.57. The lowest BCUT2D eigenvalue weighted by Gasteiger charge is -2.41. The molecule has 3 rings (SSSR count).